The van der Waals surface area contributed by atoms with Crippen LogP contribution in [0.5, 0.6) is 5.75 Å². The highest BCUT2D eigenvalue weighted by atomic mass is 32.2. The number of carbonyl (C=O) groups is 1. The summed E-state index contributed by atoms with van der Waals surface area (Å²) in [5, 5.41) is 4.83. The number of para-hydroxylation sites is 2. The molecule has 1 aliphatic rings. The summed E-state index contributed by atoms with van der Waals surface area (Å²) in [4.78, 5) is 15.4. The van der Waals surface area contributed by atoms with Crippen molar-refractivity contribution in [3.63, 3.8) is 0 Å². The fraction of sp³-hybridized carbons (Fsp3) is 0.0385. The lowest BCUT2D eigenvalue weighted by Gasteiger charge is -2.13. The molecule has 0 spiro atoms. The molecule has 0 aliphatic carbocycles. The zero-order valence-electron chi connectivity index (χ0n) is 17.7. The molecular formula is C26H19N3O2S2. The Bertz CT molecular complexity index is 1350. The standard InChI is InChI=1S/C26H19N3O2S2/c1-31-22-14-12-18(13-15-22)24-19(17-28(27-24)20-8-4-2-5-9-20)16-23-25(30)29(26(32)33-23)21-10-6-3-7-11-21/h2-17H,1H3/b23-16-. The quantitative estimate of drug-likeness (QED) is 0.267. The average Bonchev–Trinajstić information content (AvgIpc) is 3.40. The predicted octanol–water partition coefficient (Wildman–Crippen LogP) is 5.95. The Kier molecular flexibility index (Phi) is 5.81. The maximum atomic E-state index is 13.2. The molecule has 2 heterocycles. The van der Waals surface area contributed by atoms with Gasteiger partial charge in [-0.2, -0.15) is 5.10 Å². The van der Waals surface area contributed by atoms with Gasteiger partial charge in [-0.15, -0.1) is 0 Å². The molecule has 0 bridgehead atoms. The molecule has 1 amide bonds. The van der Waals surface area contributed by atoms with Gasteiger partial charge >= 0.3 is 0 Å². The lowest BCUT2D eigenvalue weighted by atomic mass is 10.1. The molecule has 4 aromatic rings. The number of anilines is 1. The summed E-state index contributed by atoms with van der Waals surface area (Å²) in [6, 6.07) is 27.1. The number of thioether (sulfide) groups is 1. The maximum Gasteiger partial charge on any atom is 0.270 e. The van der Waals surface area contributed by atoms with Crippen LogP contribution in [0.1, 0.15) is 5.56 Å². The first kappa shape index (κ1) is 21.2. The summed E-state index contributed by atoms with van der Waals surface area (Å²) < 4.78 is 7.63. The van der Waals surface area contributed by atoms with Crippen LogP contribution in [-0.4, -0.2) is 27.1 Å². The molecule has 0 unspecified atom stereocenters. The number of methoxy groups -OCH3 is 1. The molecule has 7 heteroatoms. The Morgan fingerprint density at radius 2 is 1.55 bits per heavy atom. The number of hydrogen-bond donors (Lipinski definition) is 0. The molecule has 3 aromatic carbocycles. The lowest BCUT2D eigenvalue weighted by molar-refractivity contribution is -0.113. The van der Waals surface area contributed by atoms with Crippen LogP contribution >= 0.6 is 24.0 Å². The molecular weight excluding hydrogens is 450 g/mol. The summed E-state index contributed by atoms with van der Waals surface area (Å²) in [5.41, 5.74) is 4.22. The van der Waals surface area contributed by atoms with Gasteiger partial charge in [0.25, 0.3) is 5.91 Å². The van der Waals surface area contributed by atoms with Gasteiger partial charge in [0, 0.05) is 17.3 Å². The van der Waals surface area contributed by atoms with Crippen molar-refractivity contribution < 1.29 is 9.53 Å². The Morgan fingerprint density at radius 1 is 0.909 bits per heavy atom. The Hall–Kier alpha value is -3.68. The van der Waals surface area contributed by atoms with Crippen molar-refractivity contribution in [3.8, 4) is 22.7 Å². The van der Waals surface area contributed by atoms with Crippen LogP contribution < -0.4 is 9.64 Å². The largest absolute Gasteiger partial charge is 0.497 e. The number of rotatable bonds is 5. The molecule has 5 nitrogen and oxygen atoms in total. The van der Waals surface area contributed by atoms with Crippen LogP contribution in [0.25, 0.3) is 23.0 Å². The number of nitrogens with zero attached hydrogens (tertiary/aromatic N) is 3. The van der Waals surface area contributed by atoms with Crippen LogP contribution in [0.4, 0.5) is 5.69 Å². The molecule has 0 atom stereocenters. The molecule has 0 saturated carbocycles. The molecule has 1 saturated heterocycles. The van der Waals surface area contributed by atoms with E-state index in [9.17, 15) is 4.79 Å². The van der Waals surface area contributed by atoms with Crippen molar-refractivity contribution in [2.45, 2.75) is 0 Å². The molecule has 1 aliphatic heterocycles. The maximum absolute atomic E-state index is 13.2. The van der Waals surface area contributed by atoms with Gasteiger partial charge in [0.1, 0.15) is 5.75 Å². The summed E-state index contributed by atoms with van der Waals surface area (Å²) >= 11 is 6.82. The summed E-state index contributed by atoms with van der Waals surface area (Å²) in [6.07, 6.45) is 3.80. The molecule has 1 fully saturated rings. The molecule has 33 heavy (non-hydrogen) atoms. The van der Waals surface area contributed by atoms with Gasteiger partial charge in [-0.25, -0.2) is 4.68 Å². The van der Waals surface area contributed by atoms with Crippen molar-refractivity contribution >= 4 is 46.0 Å². The number of ether oxygens (including phenoxy) is 1. The summed E-state index contributed by atoms with van der Waals surface area (Å²) in [6.45, 7) is 0. The van der Waals surface area contributed by atoms with Crippen molar-refractivity contribution in [1.29, 1.82) is 0 Å². The van der Waals surface area contributed by atoms with Gasteiger partial charge in [-0.05, 0) is 54.6 Å². The van der Waals surface area contributed by atoms with E-state index in [1.54, 1.807) is 12.0 Å². The smallest absolute Gasteiger partial charge is 0.270 e. The summed E-state index contributed by atoms with van der Waals surface area (Å²) in [5.74, 6) is 0.635. The Balaban J connectivity index is 1.58. The van der Waals surface area contributed by atoms with Gasteiger partial charge in [0.15, 0.2) is 4.32 Å². The van der Waals surface area contributed by atoms with Gasteiger partial charge in [-0.1, -0.05) is 60.4 Å². The van der Waals surface area contributed by atoms with E-state index in [2.05, 4.69) is 0 Å². The first-order valence-corrected chi connectivity index (χ1v) is 11.5. The minimum atomic E-state index is -0.135. The molecule has 5 rings (SSSR count). The van der Waals surface area contributed by atoms with Crippen molar-refractivity contribution in [2.75, 3.05) is 12.0 Å². The highest BCUT2D eigenvalue weighted by Crippen LogP contribution is 2.37. The molecule has 1 aromatic heterocycles. The van der Waals surface area contributed by atoms with Crippen LogP contribution in [0.2, 0.25) is 0 Å². The molecule has 0 radical (unpaired) electrons. The third kappa shape index (κ3) is 4.20. The SMILES string of the molecule is COc1ccc(-c2nn(-c3ccccc3)cc2/C=C2\SC(=S)N(c3ccccc3)C2=O)cc1. The van der Waals surface area contributed by atoms with E-state index in [4.69, 9.17) is 22.1 Å². The Morgan fingerprint density at radius 3 is 2.18 bits per heavy atom. The fourth-order valence-corrected chi connectivity index (χ4v) is 4.88. The van der Waals surface area contributed by atoms with E-state index in [1.807, 2.05) is 102 Å². The highest BCUT2D eigenvalue weighted by Gasteiger charge is 2.33. The minimum absolute atomic E-state index is 0.135. The number of aromatic nitrogens is 2. The number of carbonyl (C=O) groups excluding carboxylic acids is 1. The van der Waals surface area contributed by atoms with E-state index < -0.39 is 0 Å². The molecule has 162 valence electrons. The normalized spacial score (nSPS) is 14.8. The molecule has 0 N–H and O–H groups in total. The van der Waals surface area contributed by atoms with Crippen LogP contribution in [0.15, 0.2) is 96.0 Å². The summed E-state index contributed by atoms with van der Waals surface area (Å²) in [7, 11) is 1.64. The topological polar surface area (TPSA) is 47.4 Å². The second-order valence-electron chi connectivity index (χ2n) is 7.29. The van der Waals surface area contributed by atoms with Gasteiger partial charge < -0.3 is 4.74 Å². The van der Waals surface area contributed by atoms with Crippen LogP contribution in [-0.2, 0) is 4.79 Å². The lowest BCUT2D eigenvalue weighted by Crippen LogP contribution is -2.27. The third-order valence-electron chi connectivity index (χ3n) is 5.22. The minimum Gasteiger partial charge on any atom is -0.497 e. The third-order valence-corrected chi connectivity index (χ3v) is 6.52. The predicted molar refractivity (Wildman–Crippen MR) is 138 cm³/mol. The van der Waals surface area contributed by atoms with E-state index >= 15 is 0 Å². The van der Waals surface area contributed by atoms with E-state index in [1.165, 1.54) is 11.8 Å². The van der Waals surface area contributed by atoms with Gasteiger partial charge in [0.05, 0.1) is 29.1 Å². The van der Waals surface area contributed by atoms with Crippen LogP contribution in [0, 0.1) is 0 Å². The van der Waals surface area contributed by atoms with Gasteiger partial charge in [0.2, 0.25) is 0 Å². The zero-order valence-corrected chi connectivity index (χ0v) is 19.3. The van der Waals surface area contributed by atoms with E-state index in [0.717, 1.165) is 33.9 Å². The Labute approximate surface area is 201 Å². The fourth-order valence-electron chi connectivity index (χ4n) is 3.59. The van der Waals surface area contributed by atoms with E-state index in [0.29, 0.717) is 9.23 Å². The van der Waals surface area contributed by atoms with E-state index in [-0.39, 0.29) is 5.91 Å². The number of hydrogen-bond acceptors (Lipinski definition) is 5. The van der Waals surface area contributed by atoms with Crippen molar-refractivity contribution in [1.82, 2.24) is 9.78 Å². The number of thiocarbonyl (C=S) groups is 1. The number of amides is 1. The van der Waals surface area contributed by atoms with Gasteiger partial charge in [-0.3, -0.25) is 9.69 Å². The average molecular weight is 470 g/mol. The highest BCUT2D eigenvalue weighted by molar-refractivity contribution is 8.27. The zero-order chi connectivity index (χ0) is 22.8. The second-order valence-corrected chi connectivity index (χ2v) is 8.97. The second kappa shape index (κ2) is 9.05. The first-order chi connectivity index (χ1) is 16.1. The number of benzene rings is 3. The van der Waals surface area contributed by atoms with Crippen molar-refractivity contribution in [2.24, 2.45) is 0 Å². The van der Waals surface area contributed by atoms with Crippen LogP contribution in [0.3, 0.4) is 0 Å². The van der Waals surface area contributed by atoms with Crippen molar-refractivity contribution in [3.05, 3.63) is 102 Å². The monoisotopic (exact) mass is 469 g/mol. The first-order valence-electron chi connectivity index (χ1n) is 10.3.